The molecule has 3 aromatic heterocycles. The molecule has 6 aromatic carbocycles. The van der Waals surface area contributed by atoms with Gasteiger partial charge in [0, 0.05) is 24.5 Å². The van der Waals surface area contributed by atoms with Crippen LogP contribution in [0.25, 0.3) is 11.2 Å². The molecule has 0 spiro atoms. The van der Waals surface area contributed by atoms with E-state index in [4.69, 9.17) is 43.4 Å². The lowest BCUT2D eigenvalue weighted by atomic mass is 9.89. The highest BCUT2D eigenvalue weighted by Gasteiger charge is 2.71. The van der Waals surface area contributed by atoms with Gasteiger partial charge >= 0.3 is 0 Å². The third-order valence-corrected chi connectivity index (χ3v) is 35.9. The van der Waals surface area contributed by atoms with Crippen LogP contribution in [0.1, 0.15) is 46.8 Å². The first-order valence-corrected chi connectivity index (χ1v) is 44.8. The third-order valence-electron chi connectivity index (χ3n) is 19.3. The fraction of sp³-hybridized carbons (Fsp3) is 0.370. The molecule has 3 fully saturated rings. The summed E-state index contributed by atoms with van der Waals surface area (Å²) in [4.78, 5) is 26.0. The van der Waals surface area contributed by atoms with Gasteiger partial charge in [0.15, 0.2) is 27.8 Å². The molecule has 96 heavy (non-hydrogen) atoms. The van der Waals surface area contributed by atoms with Gasteiger partial charge in [0.25, 0.3) is 0 Å². The number of epoxide rings is 1. The van der Waals surface area contributed by atoms with E-state index in [1.165, 1.54) is 15.9 Å². The summed E-state index contributed by atoms with van der Waals surface area (Å²) in [5, 5.41) is 36.3. The van der Waals surface area contributed by atoms with Crippen molar-refractivity contribution >= 4 is 78.6 Å². The first-order chi connectivity index (χ1) is 46.1. The molecule has 0 bridgehead atoms. The molecule has 0 radical (unpaired) electrons. The number of imidazole rings is 1. The number of aliphatic imine (C=N–C) groups is 1. The van der Waals surface area contributed by atoms with Crippen molar-refractivity contribution in [2.24, 2.45) is 16.8 Å². The number of benzene rings is 6. The summed E-state index contributed by atoms with van der Waals surface area (Å²) in [5.74, 6) is 0.726. The molecular formula is C73H91N9O10Si4. The zero-order chi connectivity index (χ0) is 67.7. The number of aliphatic hydroxyl groups excluding tert-OH is 2. The minimum absolute atomic E-state index is 0.0331. The monoisotopic (exact) mass is 1370 g/mol. The van der Waals surface area contributed by atoms with Crippen LogP contribution < -0.4 is 31.3 Å². The molecule has 7 N–H and O–H groups in total. The molecule has 1 saturated heterocycles. The van der Waals surface area contributed by atoms with Gasteiger partial charge in [-0.05, 0) is 109 Å². The van der Waals surface area contributed by atoms with E-state index in [1.807, 2.05) is 132 Å². The molecule has 4 aliphatic rings. The Balaban J connectivity index is 0.000000164. The minimum Gasteiger partial charge on any atom is -0.471 e. The molecule has 23 heteroatoms. The number of nitrogens with zero attached hydrogens (tertiary/aromatic N) is 7. The van der Waals surface area contributed by atoms with Crippen molar-refractivity contribution in [1.82, 2.24) is 29.5 Å². The van der Waals surface area contributed by atoms with Crippen molar-refractivity contribution in [3.63, 3.8) is 0 Å². The van der Waals surface area contributed by atoms with E-state index in [0.717, 1.165) is 28.8 Å². The second-order valence-corrected chi connectivity index (χ2v) is 44.1. The van der Waals surface area contributed by atoms with Crippen LogP contribution in [0, 0.1) is 11.8 Å². The highest BCUT2D eigenvalue weighted by atomic mass is 28.4. The summed E-state index contributed by atoms with van der Waals surface area (Å²) in [6.45, 7) is 20.3. The Morgan fingerprint density at radius 2 is 0.969 bits per heavy atom. The number of hydrogen-bond acceptors (Lipinski definition) is 18. The van der Waals surface area contributed by atoms with Crippen molar-refractivity contribution in [3.05, 3.63) is 216 Å². The van der Waals surface area contributed by atoms with E-state index < -0.39 is 63.0 Å². The SMILES string of the molecule is C[Si](C)(O[Si](C)(C)[C@H]1C[C@H](n2cnc3c(OCc4ccccc4)nc(N)nc32)[C@](O)(CO)[C@@H]1COCc1ccccc1)c1ccccc1.C[Si](C)(O[Si](C)(C)[C@H]1C[C@H]2O[C@@]2(CO)[C@@H]1COCc1ccccc1)c1ccccc1.Nc1nc2c(c(OCc3ccccc3)n1)N=CC2. The van der Waals surface area contributed by atoms with Gasteiger partial charge in [-0.2, -0.15) is 15.0 Å². The van der Waals surface area contributed by atoms with E-state index in [0.29, 0.717) is 67.5 Å². The second-order valence-electron chi connectivity index (χ2n) is 27.4. The summed E-state index contributed by atoms with van der Waals surface area (Å²) in [6.07, 6.45) is 5.76. The average molecular weight is 1370 g/mol. The van der Waals surface area contributed by atoms with Crippen molar-refractivity contribution < 1.29 is 47.2 Å². The van der Waals surface area contributed by atoms with Crippen molar-refractivity contribution in [1.29, 1.82) is 0 Å². The Labute approximate surface area is 567 Å². The van der Waals surface area contributed by atoms with Crippen LogP contribution in [0.2, 0.25) is 63.5 Å². The van der Waals surface area contributed by atoms with Gasteiger partial charge in [0.1, 0.15) is 30.1 Å². The summed E-state index contributed by atoms with van der Waals surface area (Å²) < 4.78 is 46.3. The van der Waals surface area contributed by atoms with Crippen LogP contribution in [0.15, 0.2) is 193 Å². The highest BCUT2D eigenvalue weighted by molar-refractivity contribution is 6.93. The lowest BCUT2D eigenvalue weighted by Crippen LogP contribution is -2.56. The Hall–Kier alpha value is -7.63. The van der Waals surface area contributed by atoms with Gasteiger partial charge in [0.2, 0.25) is 40.3 Å². The van der Waals surface area contributed by atoms with Gasteiger partial charge in [-0.1, -0.05) is 182 Å². The van der Waals surface area contributed by atoms with Gasteiger partial charge in [-0.3, -0.25) is 4.99 Å². The molecule has 5 heterocycles. The molecule has 0 amide bonds. The molecule has 0 unspecified atom stereocenters. The van der Waals surface area contributed by atoms with E-state index in [2.05, 4.69) is 137 Å². The maximum absolute atomic E-state index is 12.6. The lowest BCUT2D eigenvalue weighted by molar-refractivity contribution is -0.0939. The van der Waals surface area contributed by atoms with Gasteiger partial charge in [-0.15, -0.1) is 0 Å². The minimum atomic E-state index is -2.58. The average Bonchev–Trinajstić information content (AvgIpc) is 1.54. The predicted molar refractivity (Wildman–Crippen MR) is 386 cm³/mol. The molecule has 9 aromatic rings. The summed E-state index contributed by atoms with van der Waals surface area (Å²) in [7, 11) is -9.00. The Bertz CT molecular complexity index is 4020. The summed E-state index contributed by atoms with van der Waals surface area (Å²) >= 11 is 0. The number of nitrogens with two attached hydrogens (primary N) is 2. The summed E-state index contributed by atoms with van der Waals surface area (Å²) in [6, 6.07) is 60.3. The van der Waals surface area contributed by atoms with E-state index in [9.17, 15) is 15.3 Å². The van der Waals surface area contributed by atoms with Crippen LogP contribution >= 0.6 is 0 Å². The van der Waals surface area contributed by atoms with E-state index in [1.54, 1.807) is 12.5 Å². The van der Waals surface area contributed by atoms with Crippen molar-refractivity contribution in [2.75, 3.05) is 37.9 Å². The van der Waals surface area contributed by atoms with E-state index in [-0.39, 0.29) is 55.2 Å². The number of rotatable bonds is 25. The molecular weight excluding hydrogens is 1280 g/mol. The van der Waals surface area contributed by atoms with Crippen LogP contribution in [-0.4, -0.2) is 128 Å². The number of nitrogen functional groups attached to an aromatic ring is 2. The van der Waals surface area contributed by atoms with Crippen LogP contribution in [0.3, 0.4) is 0 Å². The molecule has 2 saturated carbocycles. The fourth-order valence-corrected chi connectivity index (χ4v) is 33.4. The summed E-state index contributed by atoms with van der Waals surface area (Å²) in [5.41, 5.74) is 16.9. The smallest absolute Gasteiger partial charge is 0.247 e. The standard InChI is InChI=1S/C36H45N5O5Si2.C24H34O4Si2.C13H12N4O/c1-47(2,28-18-12-7-13-19-28)46-48(3,4)30-20-31(36(43,24-42)29(30)23-44-21-26-14-8-5-9-15-26)41-25-38-32-33(41)39-35(37)40-34(32)45-22-27-16-10-6-11-17-27;1-29(2,20-13-9-6-10-14-20)28-30(3,4)22-15-23-24(18-25,27-23)21(22)17-26-16-19-11-7-5-8-12-19;14-13-16-10-6-7-15-11(10)12(17-13)18-8-9-4-2-1-3-5-9/h5-19,25,29-31,42-43H,20-24H2,1-4H3,(H2,37,39,40);5-14,21-23,25H,15-18H2,1-4H3;1-5,7H,6,8H2,(H2,14,16,17)/t29-,30+,31+,36+;21-,22+,23-,24+;/m11./s1. The number of aliphatic hydroxyl groups is 3. The van der Waals surface area contributed by atoms with E-state index >= 15 is 0 Å². The molecule has 2 aliphatic heterocycles. The van der Waals surface area contributed by atoms with Crippen molar-refractivity contribution in [2.45, 2.75) is 132 Å². The maximum Gasteiger partial charge on any atom is 0.247 e. The molecule has 2 aliphatic carbocycles. The first-order valence-electron chi connectivity index (χ1n) is 33.0. The number of hydrogen-bond donors (Lipinski definition) is 5. The molecule has 13 rings (SSSR count). The molecule has 8 atom stereocenters. The van der Waals surface area contributed by atoms with Gasteiger partial charge in [0.05, 0.1) is 63.8 Å². The number of fused-ring (bicyclic) bond motifs is 3. The number of ether oxygens (including phenoxy) is 5. The number of aromatic nitrogens is 6. The van der Waals surface area contributed by atoms with Gasteiger partial charge in [-0.25, -0.2) is 9.97 Å². The van der Waals surface area contributed by atoms with Crippen LogP contribution in [-0.2, 0) is 55.3 Å². The van der Waals surface area contributed by atoms with Crippen LogP contribution in [0.4, 0.5) is 17.6 Å². The van der Waals surface area contributed by atoms with Crippen LogP contribution in [0.5, 0.6) is 11.8 Å². The topological polar surface area (TPSA) is 262 Å². The fourth-order valence-electron chi connectivity index (χ4n) is 14.4. The normalized spacial score (nSPS) is 21.9. The van der Waals surface area contributed by atoms with Gasteiger partial charge < -0.3 is 63.3 Å². The Kier molecular flexibility index (Phi) is 21.8. The largest absolute Gasteiger partial charge is 0.471 e. The highest BCUT2D eigenvalue weighted by Crippen LogP contribution is 2.62. The first kappa shape index (κ1) is 69.7. The van der Waals surface area contributed by atoms with Crippen molar-refractivity contribution in [3.8, 4) is 11.8 Å². The lowest BCUT2D eigenvalue weighted by Gasteiger charge is -2.42. The Morgan fingerprint density at radius 3 is 1.46 bits per heavy atom. The maximum atomic E-state index is 12.6. The Morgan fingerprint density at radius 1 is 0.531 bits per heavy atom. The quantitative estimate of drug-likeness (QED) is 0.0263. The zero-order valence-electron chi connectivity index (χ0n) is 56.2. The second kappa shape index (κ2) is 30.0. The molecule has 19 nitrogen and oxygen atoms in total. The zero-order valence-corrected chi connectivity index (χ0v) is 60.2. The predicted octanol–water partition coefficient (Wildman–Crippen LogP) is 11.1. The number of anilines is 2. The molecule has 504 valence electrons. The third kappa shape index (κ3) is 16.0.